The molecule has 0 spiro atoms. The second-order valence-electron chi connectivity index (χ2n) is 9.18. The molecule has 174 valence electrons. The topological polar surface area (TPSA) is 57.7 Å². The number of rotatable bonds is 6. The van der Waals surface area contributed by atoms with Crippen molar-refractivity contribution in [1.29, 1.82) is 0 Å². The first-order valence-corrected chi connectivity index (χ1v) is 12.9. The van der Waals surface area contributed by atoms with E-state index < -0.39 is 0 Å². The van der Waals surface area contributed by atoms with Gasteiger partial charge < -0.3 is 15.0 Å². The second kappa shape index (κ2) is 10.5. The van der Waals surface area contributed by atoms with E-state index in [2.05, 4.69) is 39.4 Å². The quantitative estimate of drug-likeness (QED) is 0.546. The normalized spacial score (nSPS) is 21.8. The van der Waals surface area contributed by atoms with Crippen LogP contribution in [0.4, 0.5) is 10.6 Å². The Kier molecular flexibility index (Phi) is 7.07. The van der Waals surface area contributed by atoms with Gasteiger partial charge in [0, 0.05) is 37.6 Å². The Labute approximate surface area is 199 Å². The highest BCUT2D eigenvalue weighted by atomic mass is 32.1. The standard InChI is InChI=1S/C26H32N4O2S/c31-26(32-22-6-2-1-3-7-22)27-21-12-10-20(11-13-21)14-15-29-16-18-30(19-17-29)25-23-8-4-5-9-24(23)33-28-25/h1-9,20-21H,10-19H2,(H,27,31)/t20-,21-. The molecule has 1 saturated heterocycles. The maximum Gasteiger partial charge on any atom is 0.412 e. The Morgan fingerprint density at radius 3 is 2.48 bits per heavy atom. The van der Waals surface area contributed by atoms with E-state index in [0.29, 0.717) is 5.75 Å². The van der Waals surface area contributed by atoms with E-state index in [1.165, 1.54) is 35.9 Å². The van der Waals surface area contributed by atoms with Gasteiger partial charge in [0.25, 0.3) is 0 Å². The average molecular weight is 465 g/mol. The summed E-state index contributed by atoms with van der Waals surface area (Å²) >= 11 is 1.60. The molecule has 2 aliphatic rings. The number of hydrogen-bond donors (Lipinski definition) is 1. The van der Waals surface area contributed by atoms with Crippen molar-refractivity contribution < 1.29 is 9.53 Å². The summed E-state index contributed by atoms with van der Waals surface area (Å²) < 4.78 is 11.4. The van der Waals surface area contributed by atoms with E-state index in [0.717, 1.165) is 50.8 Å². The van der Waals surface area contributed by atoms with Crippen LogP contribution in [0.15, 0.2) is 54.6 Å². The molecule has 33 heavy (non-hydrogen) atoms. The zero-order valence-corrected chi connectivity index (χ0v) is 19.8. The lowest BCUT2D eigenvalue weighted by atomic mass is 9.84. The van der Waals surface area contributed by atoms with Crippen LogP contribution in [-0.2, 0) is 0 Å². The van der Waals surface area contributed by atoms with Crippen LogP contribution in [0.1, 0.15) is 32.1 Å². The van der Waals surface area contributed by atoms with Crippen molar-refractivity contribution in [2.24, 2.45) is 5.92 Å². The largest absolute Gasteiger partial charge is 0.412 e. The van der Waals surface area contributed by atoms with Gasteiger partial charge in [0.1, 0.15) is 11.6 Å². The number of hydrogen-bond acceptors (Lipinski definition) is 6. The van der Waals surface area contributed by atoms with Gasteiger partial charge in [-0.1, -0.05) is 30.3 Å². The zero-order chi connectivity index (χ0) is 22.5. The third kappa shape index (κ3) is 5.65. The van der Waals surface area contributed by atoms with Gasteiger partial charge in [-0.25, -0.2) is 4.79 Å². The Bertz CT molecular complexity index is 1040. The molecule has 1 amide bonds. The number of fused-ring (bicyclic) bond motifs is 1. The number of carbonyl (C=O) groups excluding carboxylic acids is 1. The number of nitrogens with zero attached hydrogens (tertiary/aromatic N) is 3. The highest BCUT2D eigenvalue weighted by Crippen LogP contribution is 2.30. The van der Waals surface area contributed by atoms with Crippen LogP contribution in [0, 0.1) is 5.92 Å². The molecule has 0 bridgehead atoms. The fourth-order valence-corrected chi connectivity index (χ4v) is 5.83. The summed E-state index contributed by atoms with van der Waals surface area (Å²) in [5, 5.41) is 4.33. The van der Waals surface area contributed by atoms with Crippen LogP contribution in [-0.4, -0.2) is 54.1 Å². The minimum Gasteiger partial charge on any atom is -0.410 e. The molecule has 1 N–H and O–H groups in total. The molecule has 1 aromatic heterocycles. The van der Waals surface area contributed by atoms with E-state index in [9.17, 15) is 4.79 Å². The molecular formula is C26H32N4O2S. The van der Waals surface area contributed by atoms with Gasteiger partial charge in [0.15, 0.2) is 0 Å². The van der Waals surface area contributed by atoms with Crippen molar-refractivity contribution in [2.75, 3.05) is 37.6 Å². The lowest BCUT2D eigenvalue weighted by Gasteiger charge is -2.36. The molecule has 2 aromatic carbocycles. The van der Waals surface area contributed by atoms with Crippen LogP contribution in [0.25, 0.3) is 10.1 Å². The summed E-state index contributed by atoms with van der Waals surface area (Å²) in [6.45, 7) is 5.48. The fraction of sp³-hybridized carbons (Fsp3) is 0.462. The molecule has 6 nitrogen and oxygen atoms in total. The summed E-state index contributed by atoms with van der Waals surface area (Å²) in [7, 11) is 0. The van der Waals surface area contributed by atoms with Gasteiger partial charge in [-0.2, -0.15) is 4.37 Å². The summed E-state index contributed by atoms with van der Waals surface area (Å²) in [5.74, 6) is 2.51. The van der Waals surface area contributed by atoms with Gasteiger partial charge >= 0.3 is 6.09 Å². The maximum atomic E-state index is 12.1. The van der Waals surface area contributed by atoms with E-state index in [1.807, 2.05) is 18.2 Å². The molecule has 1 aliphatic heterocycles. The zero-order valence-electron chi connectivity index (χ0n) is 19.0. The number of ether oxygens (including phenoxy) is 1. The summed E-state index contributed by atoms with van der Waals surface area (Å²) in [6.07, 6.45) is 5.36. The van der Waals surface area contributed by atoms with Gasteiger partial charge in [0.2, 0.25) is 0 Å². The number of nitrogens with one attached hydrogen (secondary N) is 1. The van der Waals surface area contributed by atoms with Crippen LogP contribution < -0.4 is 15.0 Å². The van der Waals surface area contributed by atoms with Crippen molar-refractivity contribution in [2.45, 2.75) is 38.1 Å². The van der Waals surface area contributed by atoms with Crippen molar-refractivity contribution >= 4 is 33.5 Å². The third-order valence-corrected chi connectivity index (χ3v) is 7.82. The summed E-state index contributed by atoms with van der Waals surface area (Å²) in [4.78, 5) is 17.2. The van der Waals surface area contributed by atoms with Crippen LogP contribution in [0.2, 0.25) is 0 Å². The van der Waals surface area contributed by atoms with E-state index in [-0.39, 0.29) is 12.1 Å². The number of anilines is 1. The predicted octanol–water partition coefficient (Wildman–Crippen LogP) is 5.16. The number of benzene rings is 2. The first-order chi connectivity index (χ1) is 16.2. The fourth-order valence-electron chi connectivity index (χ4n) is 5.04. The van der Waals surface area contributed by atoms with Crippen LogP contribution in [0.3, 0.4) is 0 Å². The number of piperazine rings is 1. The first kappa shape index (κ1) is 22.2. The molecule has 2 fully saturated rings. The molecule has 2 heterocycles. The molecular weight excluding hydrogens is 432 g/mol. The summed E-state index contributed by atoms with van der Waals surface area (Å²) in [5.41, 5.74) is 0. The third-order valence-electron chi connectivity index (χ3n) is 7.01. The number of carbonyl (C=O) groups is 1. The molecule has 0 atom stereocenters. The van der Waals surface area contributed by atoms with E-state index in [4.69, 9.17) is 9.11 Å². The Balaban J connectivity index is 1.00. The van der Waals surface area contributed by atoms with Crippen LogP contribution in [0.5, 0.6) is 5.75 Å². The van der Waals surface area contributed by atoms with Gasteiger partial charge in [-0.3, -0.25) is 4.90 Å². The SMILES string of the molecule is O=C(N[C@H]1CC[C@H](CCN2CCN(c3nsc4ccccc34)CC2)CC1)Oc1ccccc1. The highest BCUT2D eigenvalue weighted by Gasteiger charge is 2.25. The molecule has 0 radical (unpaired) electrons. The first-order valence-electron chi connectivity index (χ1n) is 12.1. The van der Waals surface area contributed by atoms with E-state index in [1.54, 1.807) is 23.7 Å². The molecule has 5 rings (SSSR count). The minimum absolute atomic E-state index is 0.231. The summed E-state index contributed by atoms with van der Waals surface area (Å²) in [6, 6.07) is 18.0. The van der Waals surface area contributed by atoms with Crippen molar-refractivity contribution in [3.63, 3.8) is 0 Å². The van der Waals surface area contributed by atoms with Gasteiger partial charge in [-0.05, 0) is 80.4 Å². The lowest BCUT2D eigenvalue weighted by Crippen LogP contribution is -2.47. The Hall–Kier alpha value is -2.64. The minimum atomic E-state index is -0.338. The van der Waals surface area contributed by atoms with Crippen molar-refractivity contribution in [1.82, 2.24) is 14.6 Å². The molecule has 1 saturated carbocycles. The Morgan fingerprint density at radius 1 is 0.970 bits per heavy atom. The van der Waals surface area contributed by atoms with Crippen molar-refractivity contribution in [3.8, 4) is 5.75 Å². The van der Waals surface area contributed by atoms with Crippen molar-refractivity contribution in [3.05, 3.63) is 54.6 Å². The van der Waals surface area contributed by atoms with Crippen LogP contribution >= 0.6 is 11.5 Å². The number of amides is 1. The molecule has 3 aromatic rings. The smallest absolute Gasteiger partial charge is 0.410 e. The maximum absolute atomic E-state index is 12.1. The molecule has 7 heteroatoms. The monoisotopic (exact) mass is 464 g/mol. The predicted molar refractivity (Wildman–Crippen MR) is 134 cm³/mol. The molecule has 0 unspecified atom stereocenters. The second-order valence-corrected chi connectivity index (χ2v) is 9.99. The molecule has 1 aliphatic carbocycles. The van der Waals surface area contributed by atoms with E-state index >= 15 is 0 Å². The lowest BCUT2D eigenvalue weighted by molar-refractivity contribution is 0.182. The van der Waals surface area contributed by atoms with Gasteiger partial charge in [0.05, 0.1) is 4.70 Å². The number of para-hydroxylation sites is 1. The number of aromatic nitrogens is 1. The highest BCUT2D eigenvalue weighted by molar-refractivity contribution is 7.13. The average Bonchev–Trinajstić information content (AvgIpc) is 3.29. The van der Waals surface area contributed by atoms with Gasteiger partial charge in [-0.15, -0.1) is 0 Å². The Morgan fingerprint density at radius 2 is 1.70 bits per heavy atom.